The molecule has 0 bridgehead atoms. The molecule has 6 nitrogen and oxygen atoms in total. The zero-order chi connectivity index (χ0) is 21.0. The maximum atomic E-state index is 12.4. The lowest BCUT2D eigenvalue weighted by Crippen LogP contribution is -2.45. The maximum absolute atomic E-state index is 12.4. The van der Waals surface area contributed by atoms with E-state index in [1.165, 1.54) is 18.2 Å². The van der Waals surface area contributed by atoms with E-state index in [2.05, 4.69) is 42.7 Å². The molecule has 1 unspecified atom stereocenters. The average molecular weight is 394 g/mol. The summed E-state index contributed by atoms with van der Waals surface area (Å²) in [5, 5.41) is 5.52. The number of nitrogens with one attached hydrogen (secondary N) is 2. The third-order valence-electron chi connectivity index (χ3n) is 5.00. The maximum Gasteiger partial charge on any atom is 0.337 e. The van der Waals surface area contributed by atoms with Crippen molar-refractivity contribution in [1.29, 1.82) is 0 Å². The van der Waals surface area contributed by atoms with Crippen LogP contribution in [0.15, 0.2) is 53.7 Å². The van der Waals surface area contributed by atoms with Crippen LogP contribution in [-0.4, -0.2) is 19.1 Å². The Morgan fingerprint density at radius 2 is 1.93 bits per heavy atom. The Bertz CT molecular complexity index is 965. The van der Waals surface area contributed by atoms with Gasteiger partial charge >= 0.3 is 12.0 Å². The second kappa shape index (κ2) is 8.82. The van der Waals surface area contributed by atoms with Crippen molar-refractivity contribution >= 4 is 12.0 Å². The average Bonchev–Trinajstić information content (AvgIpc) is 2.73. The summed E-state index contributed by atoms with van der Waals surface area (Å²) in [5.74, 6) is 0.194. The van der Waals surface area contributed by atoms with Gasteiger partial charge < -0.3 is 20.1 Å². The van der Waals surface area contributed by atoms with Crippen molar-refractivity contribution in [2.24, 2.45) is 0 Å². The van der Waals surface area contributed by atoms with E-state index in [-0.39, 0.29) is 6.03 Å². The molecule has 0 saturated heterocycles. The smallest absolute Gasteiger partial charge is 0.337 e. The number of amides is 2. The van der Waals surface area contributed by atoms with Crippen LogP contribution in [0.3, 0.4) is 0 Å². The molecule has 0 fully saturated rings. The van der Waals surface area contributed by atoms with Crippen molar-refractivity contribution < 1.29 is 19.1 Å². The van der Waals surface area contributed by atoms with Gasteiger partial charge in [-0.15, -0.1) is 0 Å². The normalized spacial score (nSPS) is 16.1. The van der Waals surface area contributed by atoms with Crippen LogP contribution in [0.5, 0.6) is 5.75 Å². The molecule has 1 atom stereocenters. The topological polar surface area (TPSA) is 76.7 Å². The number of aryl methyl sites for hydroxylation is 2. The van der Waals surface area contributed by atoms with E-state index in [9.17, 15) is 9.59 Å². The lowest BCUT2D eigenvalue weighted by Gasteiger charge is -2.29. The summed E-state index contributed by atoms with van der Waals surface area (Å²) in [5.41, 5.74) is 5.19. The molecular weight excluding hydrogens is 368 g/mol. The number of urea groups is 1. The molecule has 3 rings (SSSR count). The standard InChI is InChI=1S/C23H26N2O4/c1-5-19-20(22(26)28-4)21(25-23(27)24-19)16-7-6-8-18(12-16)29-13-17-11-14(2)9-10-15(17)3/h6-12,21H,5,13H2,1-4H3,(H2,24,25,27). The molecule has 0 aliphatic carbocycles. The minimum atomic E-state index is -0.601. The summed E-state index contributed by atoms with van der Waals surface area (Å²) in [6.07, 6.45) is 0.511. The number of carbonyl (C=O) groups is 2. The Labute approximate surface area is 170 Å². The fourth-order valence-electron chi connectivity index (χ4n) is 3.40. The quantitative estimate of drug-likeness (QED) is 0.724. The van der Waals surface area contributed by atoms with E-state index in [4.69, 9.17) is 9.47 Å². The molecule has 0 radical (unpaired) electrons. The second-order valence-electron chi connectivity index (χ2n) is 7.06. The summed E-state index contributed by atoms with van der Waals surface area (Å²) in [6.45, 7) is 6.42. The first-order chi connectivity index (χ1) is 13.9. The Morgan fingerprint density at radius 1 is 1.14 bits per heavy atom. The highest BCUT2D eigenvalue weighted by Gasteiger charge is 2.32. The number of allylic oxidation sites excluding steroid dienone is 1. The van der Waals surface area contributed by atoms with Gasteiger partial charge in [0.15, 0.2) is 0 Å². The van der Waals surface area contributed by atoms with Gasteiger partial charge in [0.05, 0.1) is 18.7 Å². The van der Waals surface area contributed by atoms with E-state index in [1.54, 1.807) is 0 Å². The molecule has 1 aliphatic heterocycles. The minimum absolute atomic E-state index is 0.346. The molecule has 0 aromatic heterocycles. The lowest BCUT2D eigenvalue weighted by molar-refractivity contribution is -0.136. The number of benzene rings is 2. The number of esters is 1. The van der Waals surface area contributed by atoms with Gasteiger partial charge in [0, 0.05) is 5.70 Å². The van der Waals surface area contributed by atoms with Crippen molar-refractivity contribution in [3.63, 3.8) is 0 Å². The number of carbonyl (C=O) groups excluding carboxylic acids is 2. The molecule has 1 heterocycles. The van der Waals surface area contributed by atoms with Crippen LogP contribution in [0.4, 0.5) is 4.79 Å². The van der Waals surface area contributed by atoms with E-state index >= 15 is 0 Å². The fraction of sp³-hybridized carbons (Fsp3) is 0.304. The zero-order valence-corrected chi connectivity index (χ0v) is 17.2. The highest BCUT2D eigenvalue weighted by atomic mass is 16.5. The first-order valence-corrected chi connectivity index (χ1v) is 9.60. The van der Waals surface area contributed by atoms with Crippen molar-refractivity contribution in [3.05, 3.63) is 76.0 Å². The van der Waals surface area contributed by atoms with Crippen molar-refractivity contribution in [3.8, 4) is 5.75 Å². The first-order valence-electron chi connectivity index (χ1n) is 9.60. The summed E-state index contributed by atoms with van der Waals surface area (Å²) in [6, 6.07) is 12.7. The molecule has 6 heteroatoms. The van der Waals surface area contributed by atoms with Gasteiger partial charge in [-0.1, -0.05) is 42.8 Å². The molecule has 2 N–H and O–H groups in total. The van der Waals surface area contributed by atoms with Gasteiger partial charge in [-0.2, -0.15) is 0 Å². The Hall–Kier alpha value is -3.28. The molecule has 2 aromatic carbocycles. The van der Waals surface area contributed by atoms with Crippen molar-refractivity contribution in [2.45, 2.75) is 39.8 Å². The summed E-state index contributed by atoms with van der Waals surface area (Å²) in [7, 11) is 1.33. The molecule has 2 aromatic rings. The van der Waals surface area contributed by atoms with Gasteiger partial charge in [0.25, 0.3) is 0 Å². The fourth-order valence-corrected chi connectivity index (χ4v) is 3.40. The predicted octanol–water partition coefficient (Wildman–Crippen LogP) is 4.07. The number of hydrogen-bond acceptors (Lipinski definition) is 4. The Morgan fingerprint density at radius 3 is 2.66 bits per heavy atom. The number of hydrogen-bond donors (Lipinski definition) is 2. The van der Waals surface area contributed by atoms with Crippen molar-refractivity contribution in [2.75, 3.05) is 7.11 Å². The molecule has 29 heavy (non-hydrogen) atoms. The van der Waals surface area contributed by atoms with Crippen LogP contribution >= 0.6 is 0 Å². The Kier molecular flexibility index (Phi) is 6.22. The van der Waals surface area contributed by atoms with Crippen LogP contribution in [-0.2, 0) is 16.1 Å². The van der Waals surface area contributed by atoms with Gasteiger partial charge in [0.2, 0.25) is 0 Å². The number of methoxy groups -OCH3 is 1. The summed E-state index contributed by atoms with van der Waals surface area (Å²) in [4.78, 5) is 24.5. The minimum Gasteiger partial charge on any atom is -0.489 e. The largest absolute Gasteiger partial charge is 0.489 e. The summed E-state index contributed by atoms with van der Waals surface area (Å²) < 4.78 is 11.0. The SMILES string of the molecule is CCC1=C(C(=O)OC)C(c2cccc(OCc3cc(C)ccc3C)c2)NC(=O)N1. The van der Waals surface area contributed by atoms with Gasteiger partial charge in [-0.05, 0) is 49.1 Å². The van der Waals surface area contributed by atoms with Crippen LogP contribution in [0.2, 0.25) is 0 Å². The lowest BCUT2D eigenvalue weighted by atomic mass is 9.94. The number of rotatable bonds is 6. The van der Waals surface area contributed by atoms with Gasteiger partial charge in [-0.25, -0.2) is 9.59 Å². The third-order valence-corrected chi connectivity index (χ3v) is 5.00. The molecule has 0 saturated carbocycles. The van der Waals surface area contributed by atoms with Crippen LogP contribution in [0.25, 0.3) is 0 Å². The van der Waals surface area contributed by atoms with E-state index in [0.717, 1.165) is 11.1 Å². The van der Waals surface area contributed by atoms with Crippen LogP contribution in [0.1, 0.15) is 41.6 Å². The molecular formula is C23H26N2O4. The van der Waals surface area contributed by atoms with Crippen LogP contribution < -0.4 is 15.4 Å². The van der Waals surface area contributed by atoms with Gasteiger partial charge in [-0.3, -0.25) is 0 Å². The first kappa shape index (κ1) is 20.5. The van der Waals surface area contributed by atoms with Crippen molar-refractivity contribution in [1.82, 2.24) is 10.6 Å². The molecule has 0 spiro atoms. The predicted molar refractivity (Wildman–Crippen MR) is 110 cm³/mol. The van der Waals surface area contributed by atoms with E-state index in [1.807, 2.05) is 31.2 Å². The third kappa shape index (κ3) is 4.59. The highest BCUT2D eigenvalue weighted by Crippen LogP contribution is 2.30. The molecule has 1 aliphatic rings. The van der Waals surface area contributed by atoms with Gasteiger partial charge in [0.1, 0.15) is 12.4 Å². The van der Waals surface area contributed by atoms with E-state index < -0.39 is 12.0 Å². The molecule has 152 valence electrons. The van der Waals surface area contributed by atoms with E-state index in [0.29, 0.717) is 30.0 Å². The second-order valence-corrected chi connectivity index (χ2v) is 7.06. The highest BCUT2D eigenvalue weighted by molar-refractivity contribution is 5.95. The number of ether oxygens (including phenoxy) is 2. The summed E-state index contributed by atoms with van der Waals surface area (Å²) >= 11 is 0. The zero-order valence-electron chi connectivity index (χ0n) is 17.2. The van der Waals surface area contributed by atoms with Crippen LogP contribution in [0, 0.1) is 13.8 Å². The molecule has 2 amide bonds. The Balaban J connectivity index is 1.88. The monoisotopic (exact) mass is 394 g/mol.